The lowest BCUT2D eigenvalue weighted by Crippen LogP contribution is -2.13. The first kappa shape index (κ1) is 13.1. The average Bonchev–Trinajstić information content (AvgIpc) is 2.38. The number of aryl methyl sites for hydroxylation is 2. The Kier molecular flexibility index (Phi) is 3.85. The highest BCUT2D eigenvalue weighted by molar-refractivity contribution is 5.95. The lowest BCUT2D eigenvalue weighted by atomic mass is 10.1. The largest absolute Gasteiger partial charge is 0.488 e. The van der Waals surface area contributed by atoms with Gasteiger partial charge in [-0.15, -0.1) is 0 Å². The number of hydrogen-bond donors (Lipinski definition) is 1. The van der Waals surface area contributed by atoms with E-state index in [4.69, 9.17) is 10.5 Å². The number of amides is 1. The van der Waals surface area contributed by atoms with E-state index < -0.39 is 5.91 Å². The Bertz CT molecular complexity index is 588. The van der Waals surface area contributed by atoms with Crippen LogP contribution in [0, 0.1) is 13.8 Å². The van der Waals surface area contributed by atoms with Crippen molar-refractivity contribution in [3.05, 3.63) is 64.7 Å². The smallest absolute Gasteiger partial charge is 0.252 e. The summed E-state index contributed by atoms with van der Waals surface area (Å²) in [7, 11) is 0. The molecule has 0 saturated heterocycles. The molecule has 0 fully saturated rings. The average molecular weight is 255 g/mol. The molecule has 0 spiro atoms. The Balaban J connectivity index is 2.16. The van der Waals surface area contributed by atoms with E-state index in [1.165, 1.54) is 5.56 Å². The highest BCUT2D eigenvalue weighted by Crippen LogP contribution is 2.21. The second kappa shape index (κ2) is 5.57. The van der Waals surface area contributed by atoms with Crippen molar-refractivity contribution >= 4 is 5.91 Å². The van der Waals surface area contributed by atoms with E-state index in [9.17, 15) is 4.79 Å². The van der Waals surface area contributed by atoms with E-state index in [1.807, 2.05) is 50.2 Å². The predicted molar refractivity (Wildman–Crippen MR) is 75.2 cm³/mol. The topological polar surface area (TPSA) is 52.3 Å². The Hall–Kier alpha value is -2.29. The van der Waals surface area contributed by atoms with Gasteiger partial charge in [-0.1, -0.05) is 35.9 Å². The summed E-state index contributed by atoms with van der Waals surface area (Å²) in [4.78, 5) is 11.3. The van der Waals surface area contributed by atoms with Gasteiger partial charge in [-0.2, -0.15) is 0 Å². The van der Waals surface area contributed by atoms with Crippen molar-refractivity contribution < 1.29 is 9.53 Å². The highest BCUT2D eigenvalue weighted by atomic mass is 16.5. The van der Waals surface area contributed by atoms with Gasteiger partial charge in [0.05, 0.1) is 5.56 Å². The molecule has 0 atom stereocenters. The van der Waals surface area contributed by atoms with Gasteiger partial charge in [0.25, 0.3) is 5.91 Å². The number of nitrogens with two attached hydrogens (primary N) is 1. The Labute approximate surface area is 113 Å². The van der Waals surface area contributed by atoms with Crippen molar-refractivity contribution in [2.45, 2.75) is 20.5 Å². The molecule has 19 heavy (non-hydrogen) atoms. The van der Waals surface area contributed by atoms with E-state index in [0.29, 0.717) is 17.9 Å². The molecule has 2 aromatic rings. The number of benzene rings is 2. The summed E-state index contributed by atoms with van der Waals surface area (Å²) in [5.41, 5.74) is 9.04. The van der Waals surface area contributed by atoms with Crippen molar-refractivity contribution in [2.75, 3.05) is 0 Å². The molecule has 2 aromatic carbocycles. The van der Waals surface area contributed by atoms with Crippen molar-refractivity contribution in [2.24, 2.45) is 5.73 Å². The number of rotatable bonds is 4. The van der Waals surface area contributed by atoms with Crippen molar-refractivity contribution in [1.29, 1.82) is 0 Å². The summed E-state index contributed by atoms with van der Waals surface area (Å²) in [6.07, 6.45) is 0. The minimum atomic E-state index is -0.473. The van der Waals surface area contributed by atoms with E-state index in [-0.39, 0.29) is 0 Å². The fourth-order valence-corrected chi connectivity index (χ4v) is 1.80. The van der Waals surface area contributed by atoms with Gasteiger partial charge in [0.2, 0.25) is 0 Å². The third-order valence-electron chi connectivity index (χ3n) is 2.92. The second-order valence-corrected chi connectivity index (χ2v) is 4.64. The van der Waals surface area contributed by atoms with Crippen LogP contribution < -0.4 is 10.5 Å². The standard InChI is InChI=1S/C16H17NO2/c1-11-3-6-13(7-4-11)10-19-15-9-12(2)5-8-14(15)16(17)18/h3-9H,10H2,1-2H3,(H2,17,18). The Morgan fingerprint density at radius 2 is 1.68 bits per heavy atom. The molecule has 0 aliphatic heterocycles. The lowest BCUT2D eigenvalue weighted by Gasteiger charge is -2.10. The lowest BCUT2D eigenvalue weighted by molar-refractivity contribution is 0.0996. The molecule has 0 bridgehead atoms. The number of primary amides is 1. The van der Waals surface area contributed by atoms with Gasteiger partial charge in [0, 0.05) is 0 Å². The molecule has 0 aromatic heterocycles. The second-order valence-electron chi connectivity index (χ2n) is 4.64. The molecule has 0 radical (unpaired) electrons. The minimum Gasteiger partial charge on any atom is -0.488 e. The zero-order valence-electron chi connectivity index (χ0n) is 11.1. The van der Waals surface area contributed by atoms with Gasteiger partial charge in [-0.25, -0.2) is 0 Å². The Morgan fingerprint density at radius 3 is 2.32 bits per heavy atom. The third kappa shape index (κ3) is 3.35. The fourth-order valence-electron chi connectivity index (χ4n) is 1.80. The van der Waals surface area contributed by atoms with Crippen LogP contribution in [0.15, 0.2) is 42.5 Å². The van der Waals surface area contributed by atoms with Gasteiger partial charge in [-0.3, -0.25) is 4.79 Å². The monoisotopic (exact) mass is 255 g/mol. The van der Waals surface area contributed by atoms with Crippen LogP contribution in [0.1, 0.15) is 27.0 Å². The predicted octanol–water partition coefficient (Wildman–Crippen LogP) is 2.98. The molecule has 2 rings (SSSR count). The van der Waals surface area contributed by atoms with Gasteiger partial charge in [0.1, 0.15) is 12.4 Å². The first-order chi connectivity index (χ1) is 9.06. The third-order valence-corrected chi connectivity index (χ3v) is 2.92. The Morgan fingerprint density at radius 1 is 1.05 bits per heavy atom. The molecular weight excluding hydrogens is 238 g/mol. The minimum absolute atomic E-state index is 0.415. The van der Waals surface area contributed by atoms with Gasteiger partial charge < -0.3 is 10.5 Å². The molecule has 0 unspecified atom stereocenters. The molecule has 98 valence electrons. The SMILES string of the molecule is Cc1ccc(COc2cc(C)ccc2C(N)=O)cc1. The zero-order chi connectivity index (χ0) is 13.8. The molecule has 3 heteroatoms. The van der Waals surface area contributed by atoms with Crippen LogP contribution in [0.2, 0.25) is 0 Å². The van der Waals surface area contributed by atoms with Crippen molar-refractivity contribution in [3.63, 3.8) is 0 Å². The van der Waals surface area contributed by atoms with Gasteiger partial charge in [0.15, 0.2) is 0 Å². The zero-order valence-corrected chi connectivity index (χ0v) is 11.1. The van der Waals surface area contributed by atoms with Crippen LogP contribution in [0.25, 0.3) is 0 Å². The summed E-state index contributed by atoms with van der Waals surface area (Å²) in [6.45, 7) is 4.41. The molecular formula is C16H17NO2. The molecule has 0 saturated carbocycles. The van der Waals surface area contributed by atoms with Crippen molar-refractivity contribution in [1.82, 2.24) is 0 Å². The molecule has 0 aliphatic carbocycles. The number of carbonyl (C=O) groups excluding carboxylic acids is 1. The maximum atomic E-state index is 11.3. The van der Waals surface area contributed by atoms with Crippen LogP contribution in [-0.2, 0) is 6.61 Å². The molecule has 2 N–H and O–H groups in total. The molecule has 3 nitrogen and oxygen atoms in total. The summed E-state index contributed by atoms with van der Waals surface area (Å²) in [5, 5.41) is 0. The molecule has 0 heterocycles. The van der Waals surface area contributed by atoms with Crippen LogP contribution >= 0.6 is 0 Å². The first-order valence-corrected chi connectivity index (χ1v) is 6.15. The van der Waals surface area contributed by atoms with Crippen LogP contribution in [-0.4, -0.2) is 5.91 Å². The fraction of sp³-hybridized carbons (Fsp3) is 0.188. The maximum absolute atomic E-state index is 11.3. The van der Waals surface area contributed by atoms with E-state index in [0.717, 1.165) is 11.1 Å². The van der Waals surface area contributed by atoms with Gasteiger partial charge >= 0.3 is 0 Å². The number of carbonyl (C=O) groups is 1. The van der Waals surface area contributed by atoms with Crippen LogP contribution in [0.4, 0.5) is 0 Å². The van der Waals surface area contributed by atoms with E-state index in [1.54, 1.807) is 6.07 Å². The molecule has 1 amide bonds. The summed E-state index contributed by atoms with van der Waals surface area (Å²) in [6, 6.07) is 13.5. The number of ether oxygens (including phenoxy) is 1. The maximum Gasteiger partial charge on any atom is 0.252 e. The normalized spacial score (nSPS) is 10.2. The summed E-state index contributed by atoms with van der Waals surface area (Å²) >= 11 is 0. The highest BCUT2D eigenvalue weighted by Gasteiger charge is 2.09. The summed E-state index contributed by atoms with van der Waals surface area (Å²) in [5.74, 6) is 0.0620. The van der Waals surface area contributed by atoms with Crippen molar-refractivity contribution in [3.8, 4) is 5.75 Å². The van der Waals surface area contributed by atoms with E-state index in [2.05, 4.69) is 0 Å². The van der Waals surface area contributed by atoms with Crippen LogP contribution in [0.3, 0.4) is 0 Å². The number of hydrogen-bond acceptors (Lipinski definition) is 2. The van der Waals surface area contributed by atoms with Crippen LogP contribution in [0.5, 0.6) is 5.75 Å². The quantitative estimate of drug-likeness (QED) is 0.913. The van der Waals surface area contributed by atoms with E-state index >= 15 is 0 Å². The molecule has 0 aliphatic rings. The summed E-state index contributed by atoms with van der Waals surface area (Å²) < 4.78 is 5.70. The van der Waals surface area contributed by atoms with Gasteiger partial charge in [-0.05, 0) is 37.1 Å². The first-order valence-electron chi connectivity index (χ1n) is 6.15.